The van der Waals surface area contributed by atoms with Crippen LogP contribution in [-0.2, 0) is 16.0 Å². The molecule has 0 aliphatic rings. The van der Waals surface area contributed by atoms with E-state index in [4.69, 9.17) is 0 Å². The van der Waals surface area contributed by atoms with Gasteiger partial charge in [-0.15, -0.1) is 0 Å². The van der Waals surface area contributed by atoms with Crippen molar-refractivity contribution in [1.29, 1.82) is 0 Å². The molecule has 1 rings (SSSR count). The van der Waals surface area contributed by atoms with E-state index < -0.39 is 35.7 Å². The SMILES string of the molecule is COC(=O)Cc1[nH]c(=O)cc(C(F)F)c1O. The molecule has 0 saturated heterocycles. The van der Waals surface area contributed by atoms with Crippen molar-refractivity contribution in [3.8, 4) is 5.75 Å². The fourth-order valence-electron chi connectivity index (χ4n) is 1.14. The van der Waals surface area contributed by atoms with Crippen molar-refractivity contribution < 1.29 is 23.4 Å². The van der Waals surface area contributed by atoms with Gasteiger partial charge in [0.1, 0.15) is 5.75 Å². The normalized spacial score (nSPS) is 10.5. The highest BCUT2D eigenvalue weighted by Gasteiger charge is 2.19. The van der Waals surface area contributed by atoms with E-state index in [0.717, 1.165) is 7.11 Å². The highest BCUT2D eigenvalue weighted by atomic mass is 19.3. The van der Waals surface area contributed by atoms with Gasteiger partial charge in [0, 0.05) is 6.07 Å². The number of alkyl halides is 2. The van der Waals surface area contributed by atoms with Crippen molar-refractivity contribution in [2.75, 3.05) is 7.11 Å². The van der Waals surface area contributed by atoms with Gasteiger partial charge in [-0.25, -0.2) is 8.78 Å². The third-order valence-electron chi connectivity index (χ3n) is 1.90. The summed E-state index contributed by atoms with van der Waals surface area (Å²) in [6, 6.07) is 0.584. The largest absolute Gasteiger partial charge is 0.506 e. The second-order valence-electron chi connectivity index (χ2n) is 2.97. The van der Waals surface area contributed by atoms with Gasteiger partial charge in [-0.05, 0) is 0 Å². The number of esters is 1. The van der Waals surface area contributed by atoms with Crippen LogP contribution in [0.1, 0.15) is 17.7 Å². The molecular formula is C9H9F2NO4. The molecule has 0 saturated carbocycles. The number of aromatic amines is 1. The number of H-pyrrole nitrogens is 1. The zero-order valence-corrected chi connectivity index (χ0v) is 8.29. The topological polar surface area (TPSA) is 79.4 Å². The van der Waals surface area contributed by atoms with Crippen molar-refractivity contribution in [3.05, 3.63) is 27.7 Å². The Morgan fingerprint density at radius 2 is 2.25 bits per heavy atom. The van der Waals surface area contributed by atoms with Crippen LogP contribution in [0.4, 0.5) is 8.78 Å². The minimum absolute atomic E-state index is 0.283. The van der Waals surface area contributed by atoms with E-state index in [1.165, 1.54) is 0 Å². The van der Waals surface area contributed by atoms with Crippen molar-refractivity contribution >= 4 is 5.97 Å². The van der Waals surface area contributed by atoms with E-state index in [-0.39, 0.29) is 5.69 Å². The molecule has 0 spiro atoms. The van der Waals surface area contributed by atoms with Crippen LogP contribution in [0.15, 0.2) is 10.9 Å². The van der Waals surface area contributed by atoms with Gasteiger partial charge in [-0.1, -0.05) is 0 Å². The van der Waals surface area contributed by atoms with Gasteiger partial charge in [-0.3, -0.25) is 9.59 Å². The highest BCUT2D eigenvalue weighted by molar-refractivity contribution is 5.72. The summed E-state index contributed by atoms with van der Waals surface area (Å²) < 4.78 is 29.0. The van der Waals surface area contributed by atoms with Gasteiger partial charge in [0.2, 0.25) is 5.56 Å². The fourth-order valence-corrected chi connectivity index (χ4v) is 1.14. The Kier molecular flexibility index (Phi) is 3.60. The molecule has 0 fully saturated rings. The zero-order chi connectivity index (χ0) is 12.3. The van der Waals surface area contributed by atoms with Crippen LogP contribution in [0.3, 0.4) is 0 Å². The molecule has 1 heterocycles. The van der Waals surface area contributed by atoms with Gasteiger partial charge < -0.3 is 14.8 Å². The maximum absolute atomic E-state index is 12.4. The van der Waals surface area contributed by atoms with Gasteiger partial charge in [0.25, 0.3) is 6.43 Å². The quantitative estimate of drug-likeness (QED) is 0.754. The lowest BCUT2D eigenvalue weighted by Gasteiger charge is -2.07. The molecule has 0 aliphatic heterocycles. The lowest BCUT2D eigenvalue weighted by Crippen LogP contribution is -2.14. The number of carbonyl (C=O) groups excluding carboxylic acids is 1. The summed E-state index contributed by atoms with van der Waals surface area (Å²) in [5.41, 5.74) is -1.90. The van der Waals surface area contributed by atoms with E-state index in [2.05, 4.69) is 9.72 Å². The predicted octanol–water partition coefficient (Wildman–Crippen LogP) is 0.734. The first-order valence-corrected chi connectivity index (χ1v) is 4.25. The molecule has 1 aromatic heterocycles. The van der Waals surface area contributed by atoms with Crippen molar-refractivity contribution in [1.82, 2.24) is 4.98 Å². The summed E-state index contributed by atoms with van der Waals surface area (Å²) in [5.74, 6) is -1.54. The van der Waals surface area contributed by atoms with Crippen LogP contribution in [0.2, 0.25) is 0 Å². The first-order valence-electron chi connectivity index (χ1n) is 4.25. The fraction of sp³-hybridized carbons (Fsp3) is 0.333. The van der Waals surface area contributed by atoms with Gasteiger partial charge in [-0.2, -0.15) is 0 Å². The first-order chi connectivity index (χ1) is 7.45. The Morgan fingerprint density at radius 1 is 1.62 bits per heavy atom. The third kappa shape index (κ3) is 2.56. The van der Waals surface area contributed by atoms with E-state index >= 15 is 0 Å². The standard InChI is InChI=1S/C9H9F2NO4/c1-16-7(14)3-5-8(15)4(9(10)11)2-6(13)12-5/h2,9,15H,3H2,1H3,(H,12,13). The number of pyridine rings is 1. The molecule has 2 N–H and O–H groups in total. The molecule has 0 bridgehead atoms. The lowest BCUT2D eigenvalue weighted by molar-refractivity contribution is -0.139. The van der Waals surface area contributed by atoms with Crippen LogP contribution >= 0.6 is 0 Å². The summed E-state index contributed by atoms with van der Waals surface area (Å²) in [6.45, 7) is 0. The Balaban J connectivity index is 3.19. The second-order valence-corrected chi connectivity index (χ2v) is 2.97. The molecule has 0 amide bonds. The molecule has 7 heteroatoms. The maximum atomic E-state index is 12.4. The Hall–Kier alpha value is -1.92. The summed E-state index contributed by atoms with van der Waals surface area (Å²) in [4.78, 5) is 24.0. The number of methoxy groups -OCH3 is 1. The van der Waals surface area contributed by atoms with E-state index in [0.29, 0.717) is 6.07 Å². The van der Waals surface area contributed by atoms with E-state index in [1.54, 1.807) is 0 Å². The average molecular weight is 233 g/mol. The molecule has 0 radical (unpaired) electrons. The molecule has 0 aliphatic carbocycles. The average Bonchev–Trinajstić information content (AvgIpc) is 2.22. The number of hydrogen-bond acceptors (Lipinski definition) is 4. The predicted molar refractivity (Wildman–Crippen MR) is 49.4 cm³/mol. The van der Waals surface area contributed by atoms with Crippen molar-refractivity contribution in [2.45, 2.75) is 12.8 Å². The Morgan fingerprint density at radius 3 is 2.75 bits per heavy atom. The summed E-state index contributed by atoms with van der Waals surface area (Å²) in [6.07, 6.45) is -3.46. The van der Waals surface area contributed by atoms with E-state index in [1.807, 2.05) is 0 Å². The van der Waals surface area contributed by atoms with Crippen LogP contribution in [0.25, 0.3) is 0 Å². The van der Waals surface area contributed by atoms with Crippen LogP contribution in [0.5, 0.6) is 5.75 Å². The molecule has 1 aromatic rings. The van der Waals surface area contributed by atoms with Crippen LogP contribution in [0, 0.1) is 0 Å². The van der Waals surface area contributed by atoms with E-state index in [9.17, 15) is 23.5 Å². The zero-order valence-electron chi connectivity index (χ0n) is 8.29. The summed E-state index contributed by atoms with van der Waals surface area (Å²) >= 11 is 0. The van der Waals surface area contributed by atoms with Crippen molar-refractivity contribution in [2.24, 2.45) is 0 Å². The number of aromatic hydroxyl groups is 1. The summed E-state index contributed by atoms with van der Waals surface area (Å²) in [7, 11) is 1.11. The molecule has 0 aromatic carbocycles. The second kappa shape index (κ2) is 4.73. The van der Waals surface area contributed by atoms with Gasteiger partial charge >= 0.3 is 5.97 Å². The third-order valence-corrected chi connectivity index (χ3v) is 1.90. The van der Waals surface area contributed by atoms with Crippen LogP contribution < -0.4 is 5.56 Å². The molecule has 0 atom stereocenters. The van der Waals surface area contributed by atoms with Gasteiger partial charge in [0.15, 0.2) is 0 Å². The maximum Gasteiger partial charge on any atom is 0.311 e. The number of hydrogen-bond donors (Lipinski definition) is 2. The molecule has 88 valence electrons. The number of ether oxygens (including phenoxy) is 1. The monoisotopic (exact) mass is 233 g/mol. The minimum atomic E-state index is -2.99. The molecule has 0 unspecified atom stereocenters. The molecule has 16 heavy (non-hydrogen) atoms. The number of nitrogens with one attached hydrogen (secondary N) is 1. The number of aromatic nitrogens is 1. The number of rotatable bonds is 3. The lowest BCUT2D eigenvalue weighted by atomic mass is 10.1. The van der Waals surface area contributed by atoms with Crippen molar-refractivity contribution in [3.63, 3.8) is 0 Å². The highest BCUT2D eigenvalue weighted by Crippen LogP contribution is 2.28. The molecular weight excluding hydrogens is 224 g/mol. The Bertz CT molecular complexity index is 455. The van der Waals surface area contributed by atoms with Gasteiger partial charge in [0.05, 0.1) is 24.8 Å². The number of halogens is 2. The summed E-state index contributed by atoms with van der Waals surface area (Å²) in [5, 5.41) is 9.37. The number of carbonyl (C=O) groups is 1. The minimum Gasteiger partial charge on any atom is -0.506 e. The smallest absolute Gasteiger partial charge is 0.311 e. The Labute approximate surface area is 88.7 Å². The molecule has 5 nitrogen and oxygen atoms in total. The first kappa shape index (κ1) is 12.2. The van der Waals surface area contributed by atoms with Crippen LogP contribution in [-0.4, -0.2) is 23.2 Å².